The third-order valence-electron chi connectivity index (χ3n) is 2.88. The molecule has 0 heterocycles. The molecule has 0 unspecified atom stereocenters. The van der Waals surface area contributed by atoms with Crippen LogP contribution in [0.4, 0.5) is 4.39 Å². The van der Waals surface area contributed by atoms with Gasteiger partial charge in [0, 0.05) is 10.6 Å². The molecular weight excluding hydrogens is 299 g/mol. The highest BCUT2D eigenvalue weighted by molar-refractivity contribution is 6.30. The summed E-state index contributed by atoms with van der Waals surface area (Å²) in [6, 6.07) is 11.8. The maximum Gasteiger partial charge on any atom is 0.140 e. The fraction of sp³-hybridized carbons (Fsp3) is 0.158. The zero-order chi connectivity index (χ0) is 15.8. The standard InChI is InChI=1S/C19H16ClFO/c1-2-3-4-13-22-18-11-6-15(7-12-18)5-8-16-9-10-17(20)14-19(16)21/h3-4,6-7,9-12,14H,2,13H2,1H3. The Labute approximate surface area is 135 Å². The Balaban J connectivity index is 2.02. The minimum absolute atomic E-state index is 0.328. The van der Waals surface area contributed by atoms with Gasteiger partial charge in [0.15, 0.2) is 0 Å². The Morgan fingerprint density at radius 1 is 1.09 bits per heavy atom. The first kappa shape index (κ1) is 16.1. The Kier molecular flexibility index (Phi) is 6.06. The van der Waals surface area contributed by atoms with Crippen molar-refractivity contribution in [2.75, 3.05) is 6.61 Å². The van der Waals surface area contributed by atoms with Gasteiger partial charge in [-0.2, -0.15) is 0 Å². The zero-order valence-electron chi connectivity index (χ0n) is 12.3. The molecular formula is C19H16ClFO. The van der Waals surface area contributed by atoms with E-state index in [0.29, 0.717) is 17.2 Å². The minimum atomic E-state index is -0.414. The Hall–Kier alpha value is -2.24. The highest BCUT2D eigenvalue weighted by Crippen LogP contribution is 2.14. The molecule has 0 amide bonds. The van der Waals surface area contributed by atoms with Crippen LogP contribution in [0.3, 0.4) is 0 Å². The van der Waals surface area contributed by atoms with Gasteiger partial charge in [-0.15, -0.1) is 0 Å². The molecule has 0 aliphatic heterocycles. The Morgan fingerprint density at radius 2 is 1.86 bits per heavy atom. The van der Waals surface area contributed by atoms with E-state index in [2.05, 4.69) is 24.8 Å². The van der Waals surface area contributed by atoms with Crippen molar-refractivity contribution in [1.82, 2.24) is 0 Å². The van der Waals surface area contributed by atoms with Gasteiger partial charge < -0.3 is 4.74 Å². The van der Waals surface area contributed by atoms with Gasteiger partial charge in [-0.05, 0) is 48.9 Å². The van der Waals surface area contributed by atoms with Crippen LogP contribution >= 0.6 is 11.6 Å². The van der Waals surface area contributed by atoms with E-state index in [4.69, 9.17) is 16.3 Å². The monoisotopic (exact) mass is 314 g/mol. The number of allylic oxidation sites excluding steroid dienone is 1. The summed E-state index contributed by atoms with van der Waals surface area (Å²) in [5, 5.41) is 0.363. The van der Waals surface area contributed by atoms with E-state index in [1.807, 2.05) is 30.3 Å². The number of hydrogen-bond acceptors (Lipinski definition) is 1. The van der Waals surface area contributed by atoms with Gasteiger partial charge in [-0.25, -0.2) is 4.39 Å². The number of ether oxygens (including phenoxy) is 1. The smallest absolute Gasteiger partial charge is 0.140 e. The lowest BCUT2D eigenvalue weighted by Crippen LogP contribution is -1.92. The molecule has 1 nitrogen and oxygen atoms in total. The first-order valence-corrected chi connectivity index (χ1v) is 7.42. The summed E-state index contributed by atoms with van der Waals surface area (Å²) in [6.07, 6.45) is 5.04. The summed E-state index contributed by atoms with van der Waals surface area (Å²) in [6.45, 7) is 2.63. The molecule has 0 aliphatic rings. The zero-order valence-corrected chi connectivity index (χ0v) is 13.0. The predicted molar refractivity (Wildman–Crippen MR) is 88.8 cm³/mol. The molecule has 0 bridgehead atoms. The average molecular weight is 315 g/mol. The van der Waals surface area contributed by atoms with E-state index in [9.17, 15) is 4.39 Å². The molecule has 0 fully saturated rings. The van der Waals surface area contributed by atoms with Gasteiger partial charge in [-0.3, -0.25) is 0 Å². The summed E-state index contributed by atoms with van der Waals surface area (Å²) < 4.78 is 19.2. The molecule has 3 heteroatoms. The van der Waals surface area contributed by atoms with Gasteiger partial charge in [0.05, 0.1) is 5.56 Å². The lowest BCUT2D eigenvalue weighted by atomic mass is 10.1. The molecule has 2 aromatic rings. The SMILES string of the molecule is CCC=CCOc1ccc(C#Cc2ccc(Cl)cc2F)cc1. The van der Waals surface area contributed by atoms with Crippen LogP contribution in [-0.2, 0) is 0 Å². The van der Waals surface area contributed by atoms with Crippen LogP contribution in [0, 0.1) is 17.7 Å². The quantitative estimate of drug-likeness (QED) is 0.555. The molecule has 0 radical (unpaired) electrons. The fourth-order valence-electron chi connectivity index (χ4n) is 1.74. The van der Waals surface area contributed by atoms with Crippen molar-refractivity contribution in [3.05, 3.63) is 76.6 Å². The number of halogens is 2. The van der Waals surface area contributed by atoms with Crippen LogP contribution in [-0.4, -0.2) is 6.61 Å². The first-order valence-electron chi connectivity index (χ1n) is 7.04. The predicted octanol–water partition coefficient (Wildman–Crippen LogP) is 5.22. The van der Waals surface area contributed by atoms with E-state index in [-0.39, 0.29) is 0 Å². The number of rotatable bonds is 4. The van der Waals surface area contributed by atoms with Crippen LogP contribution in [0.1, 0.15) is 24.5 Å². The topological polar surface area (TPSA) is 9.23 Å². The highest BCUT2D eigenvalue weighted by atomic mass is 35.5. The number of hydrogen-bond donors (Lipinski definition) is 0. The molecule has 2 aromatic carbocycles. The van der Waals surface area contributed by atoms with Crippen molar-refractivity contribution in [2.24, 2.45) is 0 Å². The normalized spacial score (nSPS) is 10.3. The second kappa shape index (κ2) is 8.26. The number of benzene rings is 2. The third kappa shape index (κ3) is 4.95. The van der Waals surface area contributed by atoms with Gasteiger partial charge >= 0.3 is 0 Å². The maximum absolute atomic E-state index is 13.6. The van der Waals surface area contributed by atoms with E-state index in [0.717, 1.165) is 17.7 Å². The molecule has 0 N–H and O–H groups in total. The molecule has 0 spiro atoms. The van der Waals surface area contributed by atoms with Crippen molar-refractivity contribution in [3.8, 4) is 17.6 Å². The second-order valence-electron chi connectivity index (χ2n) is 4.59. The molecule has 22 heavy (non-hydrogen) atoms. The molecule has 0 aliphatic carbocycles. The molecule has 0 saturated carbocycles. The van der Waals surface area contributed by atoms with Crippen molar-refractivity contribution in [1.29, 1.82) is 0 Å². The van der Waals surface area contributed by atoms with Gasteiger partial charge in [0.25, 0.3) is 0 Å². The lowest BCUT2D eigenvalue weighted by Gasteiger charge is -2.02. The van der Waals surface area contributed by atoms with E-state index in [1.54, 1.807) is 12.1 Å². The van der Waals surface area contributed by atoms with Crippen molar-refractivity contribution in [3.63, 3.8) is 0 Å². The molecule has 0 saturated heterocycles. The summed E-state index contributed by atoms with van der Waals surface area (Å²) >= 11 is 5.71. The van der Waals surface area contributed by atoms with Crippen LogP contribution in [0.25, 0.3) is 0 Å². The molecule has 0 aromatic heterocycles. The van der Waals surface area contributed by atoms with Gasteiger partial charge in [0.1, 0.15) is 18.2 Å². The van der Waals surface area contributed by atoms with Gasteiger partial charge in [0.2, 0.25) is 0 Å². The van der Waals surface area contributed by atoms with Crippen molar-refractivity contribution >= 4 is 11.6 Å². The lowest BCUT2D eigenvalue weighted by molar-refractivity contribution is 0.362. The van der Waals surface area contributed by atoms with Crippen LogP contribution in [0.15, 0.2) is 54.6 Å². The van der Waals surface area contributed by atoms with E-state index >= 15 is 0 Å². The third-order valence-corrected chi connectivity index (χ3v) is 3.11. The van der Waals surface area contributed by atoms with Gasteiger partial charge in [-0.1, -0.05) is 42.5 Å². The van der Waals surface area contributed by atoms with Crippen molar-refractivity contribution in [2.45, 2.75) is 13.3 Å². The highest BCUT2D eigenvalue weighted by Gasteiger charge is 1.99. The van der Waals surface area contributed by atoms with Crippen LogP contribution < -0.4 is 4.74 Å². The average Bonchev–Trinajstić information content (AvgIpc) is 2.52. The molecule has 2 rings (SSSR count). The molecule has 112 valence electrons. The summed E-state index contributed by atoms with van der Waals surface area (Å²) in [5.74, 6) is 6.09. The van der Waals surface area contributed by atoms with Crippen molar-refractivity contribution < 1.29 is 9.13 Å². The minimum Gasteiger partial charge on any atom is -0.490 e. The van der Waals surface area contributed by atoms with Crippen LogP contribution in [0.2, 0.25) is 5.02 Å². The van der Waals surface area contributed by atoms with Crippen LogP contribution in [0.5, 0.6) is 5.75 Å². The Bertz CT molecular complexity index is 708. The largest absolute Gasteiger partial charge is 0.490 e. The summed E-state index contributed by atoms with van der Waals surface area (Å²) in [4.78, 5) is 0. The second-order valence-corrected chi connectivity index (χ2v) is 5.03. The summed E-state index contributed by atoms with van der Waals surface area (Å²) in [5.41, 5.74) is 1.13. The molecule has 0 atom stereocenters. The fourth-order valence-corrected chi connectivity index (χ4v) is 1.90. The first-order chi connectivity index (χ1) is 10.7. The van der Waals surface area contributed by atoms with E-state index in [1.165, 1.54) is 6.07 Å². The maximum atomic E-state index is 13.6. The summed E-state index contributed by atoms with van der Waals surface area (Å²) in [7, 11) is 0. The Morgan fingerprint density at radius 3 is 2.55 bits per heavy atom. The van der Waals surface area contributed by atoms with E-state index < -0.39 is 5.82 Å².